The van der Waals surface area contributed by atoms with Gasteiger partial charge in [-0.25, -0.2) is 13.4 Å². The Morgan fingerprint density at radius 2 is 1.47 bits per heavy atom. The summed E-state index contributed by atoms with van der Waals surface area (Å²) in [7, 11) is -7.14. The Kier molecular flexibility index (Phi) is 3.60. The molecule has 1 heterocycles. The van der Waals surface area contributed by atoms with E-state index >= 15 is 0 Å². The van der Waals surface area contributed by atoms with E-state index in [9.17, 15) is 43.5 Å². The summed E-state index contributed by atoms with van der Waals surface area (Å²) in [5, 5.41) is -5.77. The predicted molar refractivity (Wildman–Crippen MR) is 46.0 cm³/mol. The lowest BCUT2D eigenvalue weighted by Crippen LogP contribution is -2.38. The molecule has 0 N–H and O–H groups in total. The number of hydrogen-bond acceptors (Lipinski definition) is 4. The summed E-state index contributed by atoms with van der Waals surface area (Å²) in [5.74, 6) is 0. The molecule has 3 nitrogen and oxygen atoms in total. The molecule has 0 fully saturated rings. The number of thiazole rings is 1. The van der Waals surface area contributed by atoms with Gasteiger partial charge in [-0.1, -0.05) is 0 Å². The molecule has 0 atom stereocenters. The van der Waals surface area contributed by atoms with Crippen LogP contribution in [0, 0.1) is 0 Å². The van der Waals surface area contributed by atoms with Crippen molar-refractivity contribution in [2.45, 2.75) is 16.9 Å². The van der Waals surface area contributed by atoms with Crippen molar-refractivity contribution in [3.8, 4) is 0 Å². The summed E-state index contributed by atoms with van der Waals surface area (Å²) in [4.78, 5) is 0.109. The van der Waals surface area contributed by atoms with E-state index in [0.29, 0.717) is 0 Å². The molecule has 0 aliphatic carbocycles. The second-order valence-electron chi connectivity index (χ2n) is 2.99. The third-order valence-corrected chi connectivity index (χ3v) is 4.26. The van der Waals surface area contributed by atoms with Gasteiger partial charge in [-0.2, -0.15) is 35.1 Å². The van der Waals surface area contributed by atoms with Crippen LogP contribution in [0.3, 0.4) is 0 Å². The lowest BCUT2D eigenvalue weighted by molar-refractivity contribution is -0.143. The van der Waals surface area contributed by atoms with Crippen molar-refractivity contribution in [2.24, 2.45) is 0 Å². The van der Waals surface area contributed by atoms with Crippen LogP contribution in [0.15, 0.2) is 5.51 Å². The van der Waals surface area contributed by atoms with Crippen molar-refractivity contribution in [3.05, 3.63) is 16.1 Å². The maximum absolute atomic E-state index is 13.2. The minimum absolute atomic E-state index is 0.179. The van der Waals surface area contributed by atoms with E-state index in [2.05, 4.69) is 4.98 Å². The van der Waals surface area contributed by atoms with Gasteiger partial charge >= 0.3 is 26.8 Å². The Morgan fingerprint density at radius 3 is 1.84 bits per heavy atom. The molecule has 0 aliphatic heterocycles. The molecule has 19 heavy (non-hydrogen) atoms. The summed E-state index contributed by atoms with van der Waals surface area (Å²) in [6.07, 6.45) is -5.50. The average Bonchev–Trinajstić information content (AvgIpc) is 2.62. The maximum atomic E-state index is 13.2. The molecule has 0 saturated carbocycles. The van der Waals surface area contributed by atoms with Crippen molar-refractivity contribution in [2.75, 3.05) is 0 Å². The van der Waals surface area contributed by atoms with Crippen LogP contribution in [0.25, 0.3) is 0 Å². The first kappa shape index (κ1) is 16.1. The number of rotatable bonds is 2. The van der Waals surface area contributed by atoms with Gasteiger partial charge < -0.3 is 0 Å². The SMILES string of the molecule is O=S(=O)(C(F)(F)F)C(F)(F)c1scnc1C(F)(F)F. The van der Waals surface area contributed by atoms with Crippen LogP contribution >= 0.6 is 11.3 Å². The van der Waals surface area contributed by atoms with Crippen LogP contribution in [0.4, 0.5) is 35.1 Å². The molecular formula is C6HF8NO2S2. The molecule has 0 saturated heterocycles. The van der Waals surface area contributed by atoms with E-state index < -0.39 is 48.7 Å². The number of alkyl halides is 8. The Labute approximate surface area is 103 Å². The number of aromatic nitrogens is 1. The normalized spacial score (nSPS) is 14.7. The number of nitrogens with zero attached hydrogens (tertiary/aromatic N) is 1. The molecule has 1 aromatic heterocycles. The van der Waals surface area contributed by atoms with E-state index in [-0.39, 0.29) is 5.51 Å². The van der Waals surface area contributed by atoms with Gasteiger partial charge in [-0.15, -0.1) is 11.3 Å². The van der Waals surface area contributed by atoms with Gasteiger partial charge in [0.05, 0.1) is 5.51 Å². The highest BCUT2D eigenvalue weighted by atomic mass is 32.2. The van der Waals surface area contributed by atoms with E-state index in [1.165, 1.54) is 0 Å². The zero-order chi connectivity index (χ0) is 15.3. The zero-order valence-corrected chi connectivity index (χ0v) is 9.81. The lowest BCUT2D eigenvalue weighted by Gasteiger charge is -2.18. The minimum Gasteiger partial charge on any atom is -0.240 e. The van der Waals surface area contributed by atoms with Crippen molar-refractivity contribution >= 4 is 21.2 Å². The highest BCUT2D eigenvalue weighted by molar-refractivity contribution is 7.93. The molecule has 110 valence electrons. The second-order valence-corrected chi connectivity index (χ2v) is 5.83. The van der Waals surface area contributed by atoms with Gasteiger partial charge in [-0.05, 0) is 0 Å². The Morgan fingerprint density at radius 1 is 1.00 bits per heavy atom. The van der Waals surface area contributed by atoms with E-state index in [1.54, 1.807) is 0 Å². The fourth-order valence-corrected chi connectivity index (χ4v) is 2.71. The summed E-state index contributed by atoms with van der Waals surface area (Å²) >= 11 is -0.534. The first-order chi connectivity index (χ1) is 8.23. The first-order valence-electron chi connectivity index (χ1n) is 3.93. The Hall–Kier alpha value is -0.980. The van der Waals surface area contributed by atoms with Crippen LogP contribution in [0.1, 0.15) is 10.6 Å². The molecule has 1 rings (SSSR count). The monoisotopic (exact) mass is 335 g/mol. The standard InChI is InChI=1S/C6HF8NO2S2/c7-4(8,9)2-3(18-1-15-2)5(10,11)19(16,17)6(12,13)14/h1H. The van der Waals surface area contributed by atoms with Gasteiger partial charge in [0, 0.05) is 0 Å². The number of hydrogen-bond donors (Lipinski definition) is 0. The smallest absolute Gasteiger partial charge is 0.240 e. The summed E-state index contributed by atoms with van der Waals surface area (Å²) in [6.45, 7) is 0. The molecular weight excluding hydrogens is 334 g/mol. The van der Waals surface area contributed by atoms with Gasteiger partial charge in [-0.3, -0.25) is 0 Å². The molecule has 0 aromatic carbocycles. The second kappa shape index (κ2) is 4.26. The summed E-state index contributed by atoms with van der Waals surface area (Å²) < 4.78 is 120. The minimum atomic E-state index is -7.14. The predicted octanol–water partition coefficient (Wildman–Crippen LogP) is 3.15. The molecule has 0 unspecified atom stereocenters. The van der Waals surface area contributed by atoms with Gasteiger partial charge in [0.15, 0.2) is 5.69 Å². The van der Waals surface area contributed by atoms with Crippen LogP contribution in [-0.4, -0.2) is 18.9 Å². The summed E-state index contributed by atoms with van der Waals surface area (Å²) in [5.41, 5.74) is -8.59. The molecule has 13 heteroatoms. The third-order valence-electron chi connectivity index (χ3n) is 1.74. The average molecular weight is 335 g/mol. The van der Waals surface area contributed by atoms with Crippen LogP contribution < -0.4 is 0 Å². The largest absolute Gasteiger partial charge is 0.503 e. The zero-order valence-electron chi connectivity index (χ0n) is 8.18. The summed E-state index contributed by atoms with van der Waals surface area (Å²) in [6, 6.07) is 0. The molecule has 0 amide bonds. The van der Waals surface area contributed by atoms with E-state index in [1.807, 2.05) is 0 Å². The maximum Gasteiger partial charge on any atom is 0.503 e. The van der Waals surface area contributed by atoms with Crippen molar-refractivity contribution in [3.63, 3.8) is 0 Å². The third kappa shape index (κ3) is 2.52. The Bertz CT molecular complexity index is 569. The topological polar surface area (TPSA) is 47.0 Å². The highest BCUT2D eigenvalue weighted by Crippen LogP contribution is 2.48. The molecule has 0 aliphatic rings. The number of halogens is 8. The quantitative estimate of drug-likeness (QED) is 0.780. The Balaban J connectivity index is 3.51. The fourth-order valence-electron chi connectivity index (χ4n) is 0.922. The van der Waals surface area contributed by atoms with Gasteiger partial charge in [0.1, 0.15) is 4.88 Å². The molecule has 0 bridgehead atoms. The van der Waals surface area contributed by atoms with Crippen molar-refractivity contribution in [1.82, 2.24) is 4.98 Å². The van der Waals surface area contributed by atoms with Crippen LogP contribution in [0.2, 0.25) is 0 Å². The van der Waals surface area contributed by atoms with E-state index in [0.717, 1.165) is 0 Å². The molecule has 1 aromatic rings. The van der Waals surface area contributed by atoms with Gasteiger partial charge in [0.25, 0.3) is 0 Å². The lowest BCUT2D eigenvalue weighted by atomic mass is 10.3. The van der Waals surface area contributed by atoms with E-state index in [4.69, 9.17) is 0 Å². The molecule has 0 spiro atoms. The van der Waals surface area contributed by atoms with Gasteiger partial charge in [0.2, 0.25) is 0 Å². The number of sulfone groups is 1. The first-order valence-corrected chi connectivity index (χ1v) is 6.29. The van der Waals surface area contributed by atoms with Crippen molar-refractivity contribution in [1.29, 1.82) is 0 Å². The highest BCUT2D eigenvalue weighted by Gasteiger charge is 2.65. The van der Waals surface area contributed by atoms with Crippen LogP contribution in [-0.2, 0) is 21.3 Å². The fraction of sp³-hybridized carbons (Fsp3) is 0.500. The molecule has 0 radical (unpaired) electrons. The van der Waals surface area contributed by atoms with Crippen molar-refractivity contribution < 1.29 is 43.5 Å². The van der Waals surface area contributed by atoms with Crippen LogP contribution in [0.5, 0.6) is 0 Å².